The lowest BCUT2D eigenvalue weighted by Gasteiger charge is -2.23. The van der Waals surface area contributed by atoms with E-state index in [2.05, 4.69) is 44.3 Å². The summed E-state index contributed by atoms with van der Waals surface area (Å²) in [5, 5.41) is 16.7. The number of anilines is 1. The number of Topliss-reactive ketones (excluding diaryl/α,β-unsaturated/α-hetero) is 1. The number of carbonyl (C=O) groups excluding carboxylic acids is 1. The highest BCUT2D eigenvalue weighted by Crippen LogP contribution is 2.36. The molecule has 2 aromatic heterocycles. The Morgan fingerprint density at radius 3 is 2.42 bits per heavy atom. The highest BCUT2D eigenvalue weighted by atomic mass is 16.4. The first kappa shape index (κ1) is 23.8. The molecular weight excluding hydrogens is 424 g/mol. The normalized spacial score (nSPS) is 15.3. The number of carbonyl (C=O) groups is 3. The Hall–Kier alpha value is -3.88. The summed E-state index contributed by atoms with van der Waals surface area (Å²) in [6.45, 7) is 2.70. The molecule has 1 unspecified atom stereocenters. The quantitative estimate of drug-likeness (QED) is 0.572. The van der Waals surface area contributed by atoms with Crippen molar-refractivity contribution >= 4 is 34.3 Å². The predicted octanol–water partition coefficient (Wildman–Crippen LogP) is 2.91. The third kappa shape index (κ3) is 5.14. The van der Waals surface area contributed by atoms with Gasteiger partial charge in [0.25, 0.3) is 0 Å². The molecule has 3 aromatic rings. The van der Waals surface area contributed by atoms with Gasteiger partial charge < -0.3 is 24.2 Å². The Bertz CT molecular complexity index is 1220. The van der Waals surface area contributed by atoms with Crippen molar-refractivity contribution in [1.29, 1.82) is 0 Å². The van der Waals surface area contributed by atoms with Gasteiger partial charge in [0.05, 0.1) is 0 Å². The van der Waals surface area contributed by atoms with Crippen LogP contribution in [0.5, 0.6) is 0 Å². The maximum absolute atomic E-state index is 13.3. The molecule has 0 saturated carbocycles. The Kier molecular flexibility index (Phi) is 7.01. The number of benzene rings is 1. The van der Waals surface area contributed by atoms with Gasteiger partial charge >= 0.3 is 11.9 Å². The number of hydrogen-bond donors (Lipinski definition) is 2. The van der Waals surface area contributed by atoms with Crippen molar-refractivity contribution in [3.05, 3.63) is 59.8 Å². The first-order valence-electron chi connectivity index (χ1n) is 10.5. The van der Waals surface area contributed by atoms with Gasteiger partial charge in [-0.3, -0.25) is 4.79 Å². The lowest BCUT2D eigenvalue weighted by atomic mass is 9.85. The molecule has 1 aliphatic carbocycles. The van der Waals surface area contributed by atoms with Crippen molar-refractivity contribution < 1.29 is 24.6 Å². The van der Waals surface area contributed by atoms with Crippen LogP contribution in [0.15, 0.2) is 42.7 Å². The van der Waals surface area contributed by atoms with Crippen LogP contribution in [-0.4, -0.2) is 56.1 Å². The van der Waals surface area contributed by atoms with Crippen molar-refractivity contribution in [2.45, 2.75) is 26.3 Å². The van der Waals surface area contributed by atoms with Crippen LogP contribution in [-0.2, 0) is 29.6 Å². The van der Waals surface area contributed by atoms with E-state index in [1.165, 1.54) is 5.69 Å². The average Bonchev–Trinajstić information content (AvgIpc) is 3.29. The second kappa shape index (κ2) is 9.72. The topological polar surface area (TPSA) is 118 Å². The number of carboxylic acid groups (broad SMARTS) is 2. The minimum Gasteiger partial charge on any atom is -0.478 e. The van der Waals surface area contributed by atoms with Crippen LogP contribution in [0, 0.1) is 12.8 Å². The SMILES string of the molecule is Cc1nccn1CC1CCc2c(c3cc(N(C)C)ccc3n2C)C1=O.O=C(O)C=CC(=O)O. The number of carboxylic acids is 2. The summed E-state index contributed by atoms with van der Waals surface area (Å²) in [5.41, 5.74) is 4.37. The van der Waals surface area contributed by atoms with Gasteiger partial charge in [0, 0.05) is 86.0 Å². The summed E-state index contributed by atoms with van der Waals surface area (Å²) < 4.78 is 4.28. The minimum absolute atomic E-state index is 0.0222. The van der Waals surface area contributed by atoms with Crippen molar-refractivity contribution in [2.75, 3.05) is 19.0 Å². The highest BCUT2D eigenvalue weighted by molar-refractivity contribution is 6.11. The van der Waals surface area contributed by atoms with Gasteiger partial charge in [-0.1, -0.05) is 0 Å². The molecule has 2 N–H and O–H groups in total. The molecule has 0 aliphatic heterocycles. The minimum atomic E-state index is -1.26. The number of hydrogen-bond acceptors (Lipinski definition) is 5. The first-order chi connectivity index (χ1) is 15.6. The van der Waals surface area contributed by atoms with Crippen LogP contribution in [0.2, 0.25) is 0 Å². The standard InChI is InChI=1S/C20H24N4O.C4H4O4/c1-13-21-9-10-24(13)12-14-5-7-18-19(20(14)25)16-11-15(22(2)3)6-8-17(16)23(18)4;5-3(6)1-2-4(7)8/h6,8-11,14H,5,7,12H2,1-4H3;1-2H,(H,5,6)(H,7,8). The number of aliphatic carboxylic acids is 2. The number of ketones is 1. The maximum Gasteiger partial charge on any atom is 0.328 e. The molecule has 33 heavy (non-hydrogen) atoms. The number of aryl methyl sites for hydroxylation is 2. The van der Waals surface area contributed by atoms with E-state index in [0.29, 0.717) is 18.7 Å². The third-order valence-electron chi connectivity index (χ3n) is 5.88. The molecule has 4 rings (SSSR count). The summed E-state index contributed by atoms with van der Waals surface area (Å²) in [7, 11) is 6.14. The van der Waals surface area contributed by atoms with Crippen molar-refractivity contribution in [1.82, 2.24) is 14.1 Å². The average molecular weight is 453 g/mol. The van der Waals surface area contributed by atoms with Crippen molar-refractivity contribution in [3.63, 3.8) is 0 Å². The molecule has 174 valence electrons. The lowest BCUT2D eigenvalue weighted by molar-refractivity contribution is -0.134. The van der Waals surface area contributed by atoms with Crippen molar-refractivity contribution in [3.8, 4) is 0 Å². The van der Waals surface area contributed by atoms with Crippen LogP contribution in [0.3, 0.4) is 0 Å². The number of imidazole rings is 1. The first-order valence-corrected chi connectivity index (χ1v) is 10.5. The smallest absolute Gasteiger partial charge is 0.328 e. The van der Waals surface area contributed by atoms with E-state index in [9.17, 15) is 14.4 Å². The van der Waals surface area contributed by atoms with E-state index < -0.39 is 11.9 Å². The number of rotatable bonds is 5. The molecule has 0 amide bonds. The zero-order valence-electron chi connectivity index (χ0n) is 19.1. The van der Waals surface area contributed by atoms with Gasteiger partial charge in [0.1, 0.15) is 5.82 Å². The molecule has 1 atom stereocenters. The van der Waals surface area contributed by atoms with Crippen LogP contribution in [0.4, 0.5) is 5.69 Å². The predicted molar refractivity (Wildman–Crippen MR) is 125 cm³/mol. The molecule has 1 aliphatic rings. The van der Waals surface area contributed by atoms with Gasteiger partial charge in [0.2, 0.25) is 0 Å². The molecular formula is C24H28N4O5. The third-order valence-corrected chi connectivity index (χ3v) is 5.88. The van der Waals surface area contributed by atoms with E-state index in [0.717, 1.165) is 40.8 Å². The summed E-state index contributed by atoms with van der Waals surface area (Å²) in [6.07, 6.45) is 6.72. The van der Waals surface area contributed by atoms with Crippen LogP contribution in [0.25, 0.3) is 10.9 Å². The van der Waals surface area contributed by atoms with Crippen LogP contribution in [0.1, 0.15) is 28.3 Å². The summed E-state index contributed by atoms with van der Waals surface area (Å²) in [6, 6.07) is 6.40. The summed E-state index contributed by atoms with van der Waals surface area (Å²) in [4.78, 5) is 38.8. The molecule has 0 bridgehead atoms. The van der Waals surface area contributed by atoms with E-state index >= 15 is 0 Å². The highest BCUT2D eigenvalue weighted by Gasteiger charge is 2.32. The van der Waals surface area contributed by atoms with E-state index in [1.54, 1.807) is 6.20 Å². The van der Waals surface area contributed by atoms with E-state index in [1.807, 2.05) is 27.2 Å². The second-order valence-corrected chi connectivity index (χ2v) is 8.21. The van der Waals surface area contributed by atoms with Gasteiger partial charge in [-0.2, -0.15) is 0 Å². The Morgan fingerprint density at radius 1 is 1.21 bits per heavy atom. The second-order valence-electron chi connectivity index (χ2n) is 8.21. The fourth-order valence-corrected chi connectivity index (χ4v) is 4.13. The van der Waals surface area contributed by atoms with Crippen LogP contribution < -0.4 is 4.90 Å². The van der Waals surface area contributed by atoms with Crippen molar-refractivity contribution in [2.24, 2.45) is 13.0 Å². The maximum atomic E-state index is 13.3. The Morgan fingerprint density at radius 2 is 1.88 bits per heavy atom. The molecule has 1 aromatic carbocycles. The largest absolute Gasteiger partial charge is 0.478 e. The Balaban J connectivity index is 0.000000331. The molecule has 0 spiro atoms. The zero-order valence-corrected chi connectivity index (χ0v) is 19.1. The molecule has 9 nitrogen and oxygen atoms in total. The molecule has 0 fully saturated rings. The van der Waals surface area contributed by atoms with Crippen LogP contribution >= 0.6 is 0 Å². The van der Waals surface area contributed by atoms with Gasteiger partial charge in [-0.05, 0) is 38.0 Å². The zero-order chi connectivity index (χ0) is 24.3. The number of fused-ring (bicyclic) bond motifs is 3. The lowest BCUT2D eigenvalue weighted by Crippen LogP contribution is -2.27. The summed E-state index contributed by atoms with van der Waals surface area (Å²) in [5.74, 6) is -1.25. The Labute approximate surface area is 191 Å². The number of nitrogens with zero attached hydrogens (tertiary/aromatic N) is 4. The fourth-order valence-electron chi connectivity index (χ4n) is 4.13. The van der Waals surface area contributed by atoms with E-state index in [-0.39, 0.29) is 11.7 Å². The summed E-state index contributed by atoms with van der Waals surface area (Å²) >= 11 is 0. The van der Waals surface area contributed by atoms with Gasteiger partial charge in [-0.25, -0.2) is 14.6 Å². The fraction of sp³-hybridized carbons (Fsp3) is 0.333. The molecule has 0 saturated heterocycles. The monoisotopic (exact) mass is 452 g/mol. The van der Waals surface area contributed by atoms with E-state index in [4.69, 9.17) is 10.2 Å². The molecule has 2 heterocycles. The molecule has 9 heteroatoms. The van der Waals surface area contributed by atoms with Gasteiger partial charge in [-0.15, -0.1) is 0 Å². The molecule has 0 radical (unpaired) electrons. The number of aromatic nitrogens is 3. The van der Waals surface area contributed by atoms with Gasteiger partial charge in [0.15, 0.2) is 5.78 Å².